The van der Waals surface area contributed by atoms with Crippen LogP contribution in [0.2, 0.25) is 0 Å². The van der Waals surface area contributed by atoms with Gasteiger partial charge in [-0.3, -0.25) is 0 Å². The first-order chi connectivity index (χ1) is 10.1. The Hall–Kier alpha value is -1.91. The van der Waals surface area contributed by atoms with Crippen LogP contribution in [0.5, 0.6) is 0 Å². The van der Waals surface area contributed by atoms with Gasteiger partial charge in [0.15, 0.2) is 0 Å². The Balaban J connectivity index is 2.06. The number of hydrogen-bond acceptors (Lipinski definition) is 2. The molecule has 3 nitrogen and oxygen atoms in total. The summed E-state index contributed by atoms with van der Waals surface area (Å²) in [5.41, 5.74) is 6.89. The lowest BCUT2D eigenvalue weighted by Gasteiger charge is -2.08. The van der Waals surface area contributed by atoms with E-state index in [1.165, 1.54) is 12.1 Å². The van der Waals surface area contributed by atoms with Gasteiger partial charge in [0.25, 0.3) is 0 Å². The number of anilines is 1. The second kappa shape index (κ2) is 5.47. The molecule has 21 heavy (non-hydrogen) atoms. The van der Waals surface area contributed by atoms with Crippen LogP contribution in [0.25, 0.3) is 11.3 Å². The van der Waals surface area contributed by atoms with Crippen LogP contribution in [0.3, 0.4) is 0 Å². The van der Waals surface area contributed by atoms with Gasteiger partial charge in [-0.25, -0.2) is 13.8 Å². The fraction of sp³-hybridized carbons (Fsp3) is 0.438. The van der Waals surface area contributed by atoms with Crippen molar-refractivity contribution in [1.29, 1.82) is 0 Å². The van der Waals surface area contributed by atoms with Gasteiger partial charge in [-0.15, -0.1) is 0 Å². The van der Waals surface area contributed by atoms with Crippen molar-refractivity contribution in [2.24, 2.45) is 0 Å². The first-order valence-corrected chi connectivity index (χ1v) is 7.43. The normalized spacial score (nSPS) is 14.6. The van der Waals surface area contributed by atoms with Crippen LogP contribution in [0.4, 0.5) is 14.6 Å². The average molecular weight is 291 g/mol. The summed E-state index contributed by atoms with van der Waals surface area (Å²) in [6.45, 7) is 2.91. The Bertz CT molecular complexity index is 660. The summed E-state index contributed by atoms with van der Waals surface area (Å²) in [6, 6.07) is 3.51. The van der Waals surface area contributed by atoms with Crippen molar-refractivity contribution in [1.82, 2.24) is 9.55 Å². The molecule has 3 rings (SSSR count). The average Bonchev–Trinajstić information content (AvgIpc) is 3.23. The Morgan fingerprint density at radius 3 is 2.71 bits per heavy atom. The standard InChI is InChI=1S/C16H19F2N3/c1-2-3-8-21-15(19)14(20-16(21)10-4-5-10)12-7-6-11(17)9-13(12)18/h6-7,9-10H,2-5,8,19H2,1H3. The Labute approximate surface area is 122 Å². The summed E-state index contributed by atoms with van der Waals surface area (Å²) < 4.78 is 29.0. The smallest absolute Gasteiger partial charge is 0.135 e. The largest absolute Gasteiger partial charge is 0.383 e. The summed E-state index contributed by atoms with van der Waals surface area (Å²) in [7, 11) is 0. The molecule has 1 aromatic carbocycles. The van der Waals surface area contributed by atoms with Gasteiger partial charge in [-0.05, 0) is 31.4 Å². The molecular formula is C16H19F2N3. The predicted octanol–water partition coefficient (Wildman–Crippen LogP) is 4.09. The maximum absolute atomic E-state index is 14.0. The topological polar surface area (TPSA) is 43.8 Å². The molecule has 2 N–H and O–H groups in total. The molecule has 1 aliphatic rings. The highest BCUT2D eigenvalue weighted by Gasteiger charge is 2.31. The van der Waals surface area contributed by atoms with Gasteiger partial charge in [0, 0.05) is 24.1 Å². The number of nitrogens with zero attached hydrogens (tertiary/aromatic N) is 2. The second-order valence-electron chi connectivity index (χ2n) is 5.61. The van der Waals surface area contributed by atoms with Crippen molar-refractivity contribution >= 4 is 5.82 Å². The van der Waals surface area contributed by atoms with Crippen LogP contribution >= 0.6 is 0 Å². The van der Waals surface area contributed by atoms with E-state index in [1.807, 2.05) is 4.57 Å². The minimum absolute atomic E-state index is 0.269. The van der Waals surface area contributed by atoms with Crippen molar-refractivity contribution in [3.05, 3.63) is 35.7 Å². The summed E-state index contributed by atoms with van der Waals surface area (Å²) in [5, 5.41) is 0. The third kappa shape index (κ3) is 2.64. The van der Waals surface area contributed by atoms with Gasteiger partial charge in [-0.1, -0.05) is 13.3 Å². The lowest BCUT2D eigenvalue weighted by molar-refractivity contribution is 0.585. The first kappa shape index (κ1) is 14.0. The molecule has 0 saturated heterocycles. The Kier molecular flexibility index (Phi) is 3.66. The number of aromatic nitrogens is 2. The van der Waals surface area contributed by atoms with E-state index in [-0.39, 0.29) is 5.56 Å². The SMILES string of the molecule is CCCCn1c(C2CC2)nc(-c2ccc(F)cc2F)c1N. The van der Waals surface area contributed by atoms with E-state index in [9.17, 15) is 8.78 Å². The number of nitrogens with two attached hydrogens (primary N) is 1. The molecule has 1 aliphatic carbocycles. The molecule has 2 aromatic rings. The van der Waals surface area contributed by atoms with Gasteiger partial charge in [0.05, 0.1) is 0 Å². The molecule has 0 radical (unpaired) electrons. The molecule has 0 unspecified atom stereocenters. The van der Waals surface area contributed by atoms with Crippen LogP contribution in [0.1, 0.15) is 44.3 Å². The number of nitrogen functional groups attached to an aromatic ring is 1. The van der Waals surface area contributed by atoms with Gasteiger partial charge < -0.3 is 10.3 Å². The Morgan fingerprint density at radius 1 is 1.33 bits per heavy atom. The number of rotatable bonds is 5. The van der Waals surface area contributed by atoms with Gasteiger partial charge in [0.1, 0.15) is 29.0 Å². The number of unbranched alkanes of at least 4 members (excludes halogenated alkanes) is 1. The van der Waals surface area contributed by atoms with E-state index < -0.39 is 11.6 Å². The highest BCUT2D eigenvalue weighted by molar-refractivity contribution is 5.71. The molecule has 1 heterocycles. The molecule has 0 atom stereocenters. The molecule has 0 aliphatic heterocycles. The van der Waals surface area contributed by atoms with Crippen molar-refractivity contribution in [2.45, 2.75) is 45.1 Å². The minimum atomic E-state index is -0.621. The van der Waals surface area contributed by atoms with E-state index in [0.29, 0.717) is 17.4 Å². The number of benzene rings is 1. The van der Waals surface area contributed by atoms with Crippen molar-refractivity contribution in [3.63, 3.8) is 0 Å². The maximum atomic E-state index is 14.0. The summed E-state index contributed by atoms with van der Waals surface area (Å²) in [5.74, 6) is 0.642. The van der Waals surface area contributed by atoms with Crippen molar-refractivity contribution < 1.29 is 8.78 Å². The van der Waals surface area contributed by atoms with Crippen LogP contribution in [-0.4, -0.2) is 9.55 Å². The van der Waals surface area contributed by atoms with Crippen LogP contribution in [0.15, 0.2) is 18.2 Å². The zero-order chi connectivity index (χ0) is 15.0. The lowest BCUT2D eigenvalue weighted by atomic mass is 10.1. The molecule has 5 heteroatoms. The molecule has 1 fully saturated rings. The highest BCUT2D eigenvalue weighted by atomic mass is 19.1. The zero-order valence-electron chi connectivity index (χ0n) is 12.1. The predicted molar refractivity (Wildman–Crippen MR) is 78.9 cm³/mol. The van der Waals surface area contributed by atoms with Crippen LogP contribution < -0.4 is 5.73 Å². The molecule has 1 aromatic heterocycles. The number of hydrogen-bond donors (Lipinski definition) is 1. The minimum Gasteiger partial charge on any atom is -0.383 e. The first-order valence-electron chi connectivity index (χ1n) is 7.43. The van der Waals surface area contributed by atoms with E-state index >= 15 is 0 Å². The maximum Gasteiger partial charge on any atom is 0.135 e. The Morgan fingerprint density at radius 2 is 2.10 bits per heavy atom. The molecule has 0 spiro atoms. The molecule has 112 valence electrons. The van der Waals surface area contributed by atoms with Crippen molar-refractivity contribution in [2.75, 3.05) is 5.73 Å². The molecular weight excluding hydrogens is 272 g/mol. The fourth-order valence-corrected chi connectivity index (χ4v) is 2.57. The van der Waals surface area contributed by atoms with E-state index in [1.54, 1.807) is 0 Å². The van der Waals surface area contributed by atoms with Crippen LogP contribution in [-0.2, 0) is 6.54 Å². The number of halogens is 2. The van der Waals surface area contributed by atoms with Crippen molar-refractivity contribution in [3.8, 4) is 11.3 Å². The lowest BCUT2D eigenvalue weighted by Crippen LogP contribution is -2.06. The van der Waals surface area contributed by atoms with Gasteiger partial charge >= 0.3 is 0 Å². The van der Waals surface area contributed by atoms with E-state index in [0.717, 1.165) is 44.1 Å². The fourth-order valence-electron chi connectivity index (χ4n) is 2.57. The monoisotopic (exact) mass is 291 g/mol. The van der Waals surface area contributed by atoms with Gasteiger partial charge in [0.2, 0.25) is 0 Å². The summed E-state index contributed by atoms with van der Waals surface area (Å²) >= 11 is 0. The third-order valence-corrected chi connectivity index (χ3v) is 3.90. The summed E-state index contributed by atoms with van der Waals surface area (Å²) in [6.07, 6.45) is 4.27. The number of imidazole rings is 1. The highest BCUT2D eigenvalue weighted by Crippen LogP contribution is 2.42. The zero-order valence-corrected chi connectivity index (χ0v) is 12.1. The quantitative estimate of drug-likeness (QED) is 0.901. The van der Waals surface area contributed by atoms with Crippen LogP contribution in [0, 0.1) is 11.6 Å². The van der Waals surface area contributed by atoms with Gasteiger partial charge in [-0.2, -0.15) is 0 Å². The van der Waals surface area contributed by atoms with E-state index in [4.69, 9.17) is 5.73 Å². The molecule has 0 bridgehead atoms. The molecule has 0 amide bonds. The third-order valence-electron chi connectivity index (χ3n) is 3.90. The molecule has 1 saturated carbocycles. The van der Waals surface area contributed by atoms with E-state index in [2.05, 4.69) is 11.9 Å². The summed E-state index contributed by atoms with van der Waals surface area (Å²) in [4.78, 5) is 4.56. The second-order valence-corrected chi connectivity index (χ2v) is 5.61.